The van der Waals surface area contributed by atoms with Crippen LogP contribution in [0.2, 0.25) is 0 Å². The summed E-state index contributed by atoms with van der Waals surface area (Å²) in [5.41, 5.74) is 1.44. The molecule has 1 aromatic heterocycles. The van der Waals surface area contributed by atoms with Crippen LogP contribution in [0.5, 0.6) is 0 Å². The number of hydrogen-bond donors (Lipinski definition) is 0. The fourth-order valence-electron chi connectivity index (χ4n) is 3.62. The van der Waals surface area contributed by atoms with Crippen molar-refractivity contribution >= 4 is 23.5 Å². The standard InChI is InChI=1S/C23H29N3O5/c1-4-24(5-2)19-10-8-18(9-11-19)23(29)31-17(3)21(27)25-12-14-26(15-13-25)22(28)20-7-6-16-30-20/h6-11,16-17H,4-5,12-15H2,1-3H3/t17-/m1/s1. The van der Waals surface area contributed by atoms with Gasteiger partial charge in [0.05, 0.1) is 11.8 Å². The molecule has 8 heteroatoms. The molecule has 1 aromatic carbocycles. The number of carbonyl (C=O) groups is 3. The van der Waals surface area contributed by atoms with Crippen molar-refractivity contribution in [2.45, 2.75) is 26.9 Å². The summed E-state index contributed by atoms with van der Waals surface area (Å²) < 4.78 is 10.5. The van der Waals surface area contributed by atoms with Crippen molar-refractivity contribution in [2.24, 2.45) is 0 Å². The molecule has 1 aliphatic rings. The molecule has 2 aromatic rings. The van der Waals surface area contributed by atoms with Gasteiger partial charge in [0, 0.05) is 45.0 Å². The average Bonchev–Trinajstić information content (AvgIpc) is 3.34. The van der Waals surface area contributed by atoms with Crippen LogP contribution in [0, 0.1) is 0 Å². The van der Waals surface area contributed by atoms with E-state index in [9.17, 15) is 14.4 Å². The molecule has 1 atom stereocenters. The summed E-state index contributed by atoms with van der Waals surface area (Å²) in [4.78, 5) is 43.0. The molecular formula is C23H29N3O5. The Kier molecular flexibility index (Phi) is 7.33. The van der Waals surface area contributed by atoms with Crippen molar-refractivity contribution in [3.63, 3.8) is 0 Å². The zero-order valence-corrected chi connectivity index (χ0v) is 18.2. The monoisotopic (exact) mass is 427 g/mol. The van der Waals surface area contributed by atoms with Gasteiger partial charge in [-0.05, 0) is 57.2 Å². The van der Waals surface area contributed by atoms with E-state index in [4.69, 9.17) is 9.15 Å². The van der Waals surface area contributed by atoms with Gasteiger partial charge in [0.25, 0.3) is 11.8 Å². The van der Waals surface area contributed by atoms with Gasteiger partial charge in [0.1, 0.15) is 0 Å². The number of amides is 2. The molecule has 3 rings (SSSR count). The van der Waals surface area contributed by atoms with Gasteiger partial charge in [-0.3, -0.25) is 9.59 Å². The first-order chi connectivity index (χ1) is 14.9. The highest BCUT2D eigenvalue weighted by Gasteiger charge is 2.30. The third kappa shape index (κ3) is 5.25. The first-order valence-corrected chi connectivity index (χ1v) is 10.6. The number of nitrogens with zero attached hydrogens (tertiary/aromatic N) is 3. The second-order valence-electron chi connectivity index (χ2n) is 7.36. The highest BCUT2D eigenvalue weighted by atomic mass is 16.5. The van der Waals surface area contributed by atoms with Gasteiger partial charge in [-0.2, -0.15) is 0 Å². The van der Waals surface area contributed by atoms with Crippen LogP contribution in [0.4, 0.5) is 5.69 Å². The second kappa shape index (κ2) is 10.1. The molecule has 0 spiro atoms. The smallest absolute Gasteiger partial charge is 0.338 e. The van der Waals surface area contributed by atoms with Gasteiger partial charge in [0.2, 0.25) is 0 Å². The molecule has 31 heavy (non-hydrogen) atoms. The van der Waals surface area contributed by atoms with Crippen molar-refractivity contribution in [3.05, 3.63) is 54.0 Å². The summed E-state index contributed by atoms with van der Waals surface area (Å²) in [5.74, 6) is -0.699. The van der Waals surface area contributed by atoms with Gasteiger partial charge in [-0.1, -0.05) is 0 Å². The van der Waals surface area contributed by atoms with Crippen LogP contribution in [-0.2, 0) is 9.53 Å². The van der Waals surface area contributed by atoms with E-state index < -0.39 is 12.1 Å². The number of anilines is 1. The quantitative estimate of drug-likeness (QED) is 0.632. The van der Waals surface area contributed by atoms with E-state index in [2.05, 4.69) is 18.7 Å². The van der Waals surface area contributed by atoms with E-state index in [0.29, 0.717) is 31.7 Å². The van der Waals surface area contributed by atoms with E-state index in [-0.39, 0.29) is 17.6 Å². The molecule has 1 fully saturated rings. The molecule has 0 radical (unpaired) electrons. The predicted molar refractivity (Wildman–Crippen MR) is 116 cm³/mol. The highest BCUT2D eigenvalue weighted by Crippen LogP contribution is 2.17. The number of esters is 1. The molecule has 0 bridgehead atoms. The first kappa shape index (κ1) is 22.4. The number of rotatable bonds is 7. The zero-order chi connectivity index (χ0) is 22.4. The van der Waals surface area contributed by atoms with E-state index in [1.165, 1.54) is 6.26 Å². The largest absolute Gasteiger partial charge is 0.459 e. The molecular weight excluding hydrogens is 398 g/mol. The summed E-state index contributed by atoms with van der Waals surface area (Å²) >= 11 is 0. The molecule has 2 amide bonds. The van der Waals surface area contributed by atoms with Crippen molar-refractivity contribution in [1.82, 2.24) is 9.80 Å². The Bertz CT molecular complexity index is 882. The second-order valence-corrected chi connectivity index (χ2v) is 7.36. The minimum Gasteiger partial charge on any atom is -0.459 e. The Labute approximate surface area is 182 Å². The average molecular weight is 428 g/mol. The lowest BCUT2D eigenvalue weighted by Crippen LogP contribution is -2.53. The Morgan fingerprint density at radius 2 is 1.61 bits per heavy atom. The third-order valence-electron chi connectivity index (χ3n) is 5.47. The van der Waals surface area contributed by atoms with Crippen LogP contribution in [0.15, 0.2) is 47.1 Å². The summed E-state index contributed by atoms with van der Waals surface area (Å²) in [6.45, 7) is 9.05. The minimum atomic E-state index is -0.901. The topological polar surface area (TPSA) is 83.3 Å². The summed E-state index contributed by atoms with van der Waals surface area (Å²) in [5, 5.41) is 0. The molecule has 0 N–H and O–H groups in total. The molecule has 166 valence electrons. The Morgan fingerprint density at radius 3 is 2.16 bits per heavy atom. The first-order valence-electron chi connectivity index (χ1n) is 10.6. The maximum Gasteiger partial charge on any atom is 0.338 e. The van der Waals surface area contributed by atoms with Gasteiger partial charge in [-0.15, -0.1) is 0 Å². The number of hydrogen-bond acceptors (Lipinski definition) is 6. The summed E-state index contributed by atoms with van der Waals surface area (Å²) in [6.07, 6.45) is 0.558. The van der Waals surface area contributed by atoms with E-state index in [1.807, 2.05) is 12.1 Å². The van der Waals surface area contributed by atoms with Gasteiger partial charge in [0.15, 0.2) is 11.9 Å². The number of ether oxygens (including phenoxy) is 1. The number of furan rings is 1. The highest BCUT2D eigenvalue weighted by molar-refractivity contribution is 5.93. The Balaban J connectivity index is 1.51. The van der Waals surface area contributed by atoms with Crippen LogP contribution in [0.3, 0.4) is 0 Å². The number of carbonyl (C=O) groups excluding carboxylic acids is 3. The maximum absolute atomic E-state index is 12.7. The minimum absolute atomic E-state index is 0.190. The van der Waals surface area contributed by atoms with Crippen LogP contribution >= 0.6 is 0 Å². The van der Waals surface area contributed by atoms with E-state index in [1.54, 1.807) is 41.0 Å². The van der Waals surface area contributed by atoms with Crippen molar-refractivity contribution in [1.29, 1.82) is 0 Å². The van der Waals surface area contributed by atoms with E-state index >= 15 is 0 Å². The summed E-state index contributed by atoms with van der Waals surface area (Å²) in [6, 6.07) is 10.5. The van der Waals surface area contributed by atoms with Gasteiger partial charge < -0.3 is 23.9 Å². The Morgan fingerprint density at radius 1 is 1.00 bits per heavy atom. The molecule has 0 aliphatic carbocycles. The third-order valence-corrected chi connectivity index (χ3v) is 5.47. The van der Waals surface area contributed by atoms with Crippen LogP contribution < -0.4 is 4.90 Å². The maximum atomic E-state index is 12.7. The lowest BCUT2D eigenvalue weighted by Gasteiger charge is -2.35. The lowest BCUT2D eigenvalue weighted by atomic mass is 10.2. The van der Waals surface area contributed by atoms with Gasteiger partial charge in [-0.25, -0.2) is 4.79 Å². The van der Waals surface area contributed by atoms with Crippen molar-refractivity contribution in [2.75, 3.05) is 44.2 Å². The van der Waals surface area contributed by atoms with Crippen LogP contribution in [0.25, 0.3) is 0 Å². The Hall–Kier alpha value is -3.29. The fraction of sp³-hybridized carbons (Fsp3) is 0.435. The van der Waals surface area contributed by atoms with E-state index in [0.717, 1.165) is 18.8 Å². The number of benzene rings is 1. The fourth-order valence-corrected chi connectivity index (χ4v) is 3.62. The van der Waals surface area contributed by atoms with Gasteiger partial charge >= 0.3 is 5.97 Å². The van der Waals surface area contributed by atoms with Crippen LogP contribution in [-0.4, -0.2) is 73.0 Å². The SMILES string of the molecule is CCN(CC)c1ccc(C(=O)O[C@H](C)C(=O)N2CCN(C(=O)c3ccco3)CC2)cc1. The van der Waals surface area contributed by atoms with Crippen LogP contribution in [0.1, 0.15) is 41.7 Å². The van der Waals surface area contributed by atoms with Crippen molar-refractivity contribution in [3.8, 4) is 0 Å². The zero-order valence-electron chi connectivity index (χ0n) is 18.2. The predicted octanol–water partition coefficient (Wildman–Crippen LogP) is 2.66. The molecule has 8 nitrogen and oxygen atoms in total. The molecule has 0 unspecified atom stereocenters. The molecule has 0 saturated carbocycles. The lowest BCUT2D eigenvalue weighted by molar-refractivity contribution is -0.141. The molecule has 1 saturated heterocycles. The number of piperazine rings is 1. The molecule has 1 aliphatic heterocycles. The summed E-state index contributed by atoms with van der Waals surface area (Å²) in [7, 11) is 0. The molecule has 2 heterocycles. The van der Waals surface area contributed by atoms with Crippen molar-refractivity contribution < 1.29 is 23.5 Å². The normalized spacial score (nSPS) is 14.8.